The second-order valence-corrected chi connectivity index (χ2v) is 4.30. The molecule has 98 valence electrons. The predicted octanol–water partition coefficient (Wildman–Crippen LogP) is 3.60. The third-order valence-electron chi connectivity index (χ3n) is 2.67. The number of hydrogen-bond acceptors (Lipinski definition) is 4. The zero-order valence-corrected chi connectivity index (χ0v) is 11.0. The molecule has 0 saturated carbocycles. The average molecular weight is 275 g/mol. The Kier molecular flexibility index (Phi) is 4.41. The fourth-order valence-electron chi connectivity index (χ4n) is 1.68. The van der Waals surface area contributed by atoms with E-state index in [4.69, 9.17) is 4.74 Å². The monoisotopic (exact) mass is 275 g/mol. The molecule has 2 rings (SSSR count). The molecule has 0 spiro atoms. The van der Waals surface area contributed by atoms with Crippen LogP contribution in [0.25, 0.3) is 0 Å². The minimum Gasteiger partial charge on any atom is -0.489 e. The molecule has 0 unspecified atom stereocenters. The van der Waals surface area contributed by atoms with Crippen LogP contribution >= 0.6 is 12.6 Å². The number of nitro benzene ring substituents is 1. The van der Waals surface area contributed by atoms with Crippen LogP contribution in [-0.4, -0.2) is 4.92 Å². The van der Waals surface area contributed by atoms with E-state index in [2.05, 4.69) is 12.6 Å². The fourth-order valence-corrected chi connectivity index (χ4v) is 1.95. The van der Waals surface area contributed by atoms with Crippen molar-refractivity contribution in [3.05, 3.63) is 69.8 Å². The molecule has 0 aliphatic heterocycles. The highest BCUT2D eigenvalue weighted by molar-refractivity contribution is 7.79. The third-order valence-corrected chi connectivity index (χ3v) is 3.01. The van der Waals surface area contributed by atoms with Crippen molar-refractivity contribution in [3.63, 3.8) is 0 Å². The van der Waals surface area contributed by atoms with Gasteiger partial charge in [-0.15, -0.1) is 0 Å². The number of nitrogens with zero attached hydrogens (tertiary/aromatic N) is 1. The molecule has 0 aromatic heterocycles. The van der Waals surface area contributed by atoms with Crippen LogP contribution in [0, 0.1) is 10.1 Å². The van der Waals surface area contributed by atoms with E-state index in [0.29, 0.717) is 23.7 Å². The zero-order chi connectivity index (χ0) is 13.7. The Morgan fingerprint density at radius 1 is 1.16 bits per heavy atom. The van der Waals surface area contributed by atoms with E-state index in [1.807, 2.05) is 30.3 Å². The maximum Gasteiger partial charge on any atom is 0.277 e. The normalized spacial score (nSPS) is 10.2. The molecule has 0 saturated heterocycles. The van der Waals surface area contributed by atoms with Gasteiger partial charge in [-0.2, -0.15) is 12.6 Å². The number of rotatable bonds is 5. The van der Waals surface area contributed by atoms with Gasteiger partial charge in [0.25, 0.3) is 5.69 Å². The Morgan fingerprint density at radius 2 is 1.89 bits per heavy atom. The lowest BCUT2D eigenvalue weighted by atomic mass is 10.2. The van der Waals surface area contributed by atoms with Crippen LogP contribution < -0.4 is 4.74 Å². The van der Waals surface area contributed by atoms with E-state index in [-0.39, 0.29) is 5.69 Å². The summed E-state index contributed by atoms with van der Waals surface area (Å²) in [7, 11) is 0. The summed E-state index contributed by atoms with van der Waals surface area (Å²) < 4.78 is 5.55. The Hall–Kier alpha value is -2.01. The molecule has 0 amide bonds. The van der Waals surface area contributed by atoms with Crippen molar-refractivity contribution in [2.24, 2.45) is 0 Å². The van der Waals surface area contributed by atoms with E-state index in [0.717, 1.165) is 5.56 Å². The Labute approximate surface area is 116 Å². The summed E-state index contributed by atoms with van der Waals surface area (Å²) in [6, 6.07) is 14.5. The second-order valence-electron chi connectivity index (χ2n) is 3.98. The summed E-state index contributed by atoms with van der Waals surface area (Å²) in [6.45, 7) is 0.387. The Morgan fingerprint density at radius 3 is 2.53 bits per heavy atom. The van der Waals surface area contributed by atoms with Gasteiger partial charge < -0.3 is 4.74 Å². The number of nitro groups is 1. The van der Waals surface area contributed by atoms with Crippen molar-refractivity contribution in [3.8, 4) is 5.75 Å². The van der Waals surface area contributed by atoms with Crippen LogP contribution in [0.1, 0.15) is 11.1 Å². The van der Waals surface area contributed by atoms with Crippen LogP contribution in [0.5, 0.6) is 5.75 Å². The molecule has 0 aliphatic carbocycles. The molecule has 0 N–H and O–H groups in total. The smallest absolute Gasteiger partial charge is 0.277 e. The second kappa shape index (κ2) is 6.24. The SMILES string of the molecule is O=[N+]([O-])c1cc(OCc2ccccc2)ccc1CS. The Bertz CT molecular complexity index is 572. The number of thiol groups is 1. The van der Waals surface area contributed by atoms with Crippen molar-refractivity contribution in [1.29, 1.82) is 0 Å². The molecule has 0 fully saturated rings. The van der Waals surface area contributed by atoms with Gasteiger partial charge in [-0.3, -0.25) is 10.1 Å². The third kappa shape index (κ3) is 3.48. The van der Waals surface area contributed by atoms with Gasteiger partial charge in [0.2, 0.25) is 0 Å². The summed E-state index contributed by atoms with van der Waals surface area (Å²) in [6.07, 6.45) is 0. The first-order valence-electron chi connectivity index (χ1n) is 5.75. The molecule has 0 radical (unpaired) electrons. The number of ether oxygens (including phenoxy) is 1. The maximum absolute atomic E-state index is 10.9. The molecule has 0 aliphatic rings. The molecule has 5 heteroatoms. The van der Waals surface area contributed by atoms with Gasteiger partial charge >= 0.3 is 0 Å². The lowest BCUT2D eigenvalue weighted by Gasteiger charge is -2.07. The van der Waals surface area contributed by atoms with Gasteiger partial charge in [0.1, 0.15) is 12.4 Å². The minimum atomic E-state index is -0.416. The molecule has 0 heterocycles. The number of benzene rings is 2. The van der Waals surface area contributed by atoms with Crippen LogP contribution in [0.15, 0.2) is 48.5 Å². The van der Waals surface area contributed by atoms with E-state index < -0.39 is 4.92 Å². The standard InChI is InChI=1S/C14H13NO3S/c16-15(17)14-8-13(7-6-12(14)10-19)18-9-11-4-2-1-3-5-11/h1-8,19H,9-10H2. The quantitative estimate of drug-likeness (QED) is 0.515. The topological polar surface area (TPSA) is 52.4 Å². The summed E-state index contributed by atoms with van der Waals surface area (Å²) in [5.74, 6) is 0.816. The van der Waals surface area contributed by atoms with Gasteiger partial charge in [0.05, 0.1) is 11.0 Å². The summed E-state index contributed by atoms with van der Waals surface area (Å²) in [5.41, 5.74) is 1.64. The minimum absolute atomic E-state index is 0.0422. The fraction of sp³-hybridized carbons (Fsp3) is 0.143. The molecule has 19 heavy (non-hydrogen) atoms. The lowest BCUT2D eigenvalue weighted by molar-refractivity contribution is -0.385. The highest BCUT2D eigenvalue weighted by Crippen LogP contribution is 2.26. The van der Waals surface area contributed by atoms with Gasteiger partial charge in [-0.25, -0.2) is 0 Å². The highest BCUT2D eigenvalue weighted by atomic mass is 32.1. The van der Waals surface area contributed by atoms with Crippen LogP contribution in [0.3, 0.4) is 0 Å². The van der Waals surface area contributed by atoms with Crippen LogP contribution in [-0.2, 0) is 12.4 Å². The lowest BCUT2D eigenvalue weighted by Crippen LogP contribution is -1.98. The van der Waals surface area contributed by atoms with Crippen molar-refractivity contribution in [1.82, 2.24) is 0 Å². The van der Waals surface area contributed by atoms with Gasteiger partial charge in [0.15, 0.2) is 0 Å². The van der Waals surface area contributed by atoms with Crippen LogP contribution in [0.2, 0.25) is 0 Å². The van der Waals surface area contributed by atoms with Crippen molar-refractivity contribution < 1.29 is 9.66 Å². The van der Waals surface area contributed by atoms with Crippen molar-refractivity contribution >= 4 is 18.3 Å². The largest absolute Gasteiger partial charge is 0.489 e. The van der Waals surface area contributed by atoms with E-state index in [9.17, 15) is 10.1 Å². The molecule has 2 aromatic rings. The van der Waals surface area contributed by atoms with E-state index in [1.165, 1.54) is 6.07 Å². The molecular weight excluding hydrogens is 262 g/mol. The summed E-state index contributed by atoms with van der Waals surface area (Å²) in [4.78, 5) is 10.5. The average Bonchev–Trinajstić information content (AvgIpc) is 2.46. The van der Waals surface area contributed by atoms with Gasteiger partial charge in [0, 0.05) is 11.3 Å². The zero-order valence-electron chi connectivity index (χ0n) is 10.2. The Balaban J connectivity index is 2.13. The van der Waals surface area contributed by atoms with E-state index >= 15 is 0 Å². The summed E-state index contributed by atoms with van der Waals surface area (Å²) >= 11 is 4.07. The first-order valence-corrected chi connectivity index (χ1v) is 6.39. The highest BCUT2D eigenvalue weighted by Gasteiger charge is 2.13. The molecule has 0 bridgehead atoms. The van der Waals surface area contributed by atoms with Gasteiger partial charge in [-0.05, 0) is 17.7 Å². The molecular formula is C14H13NO3S. The van der Waals surface area contributed by atoms with Crippen LogP contribution in [0.4, 0.5) is 5.69 Å². The molecule has 0 atom stereocenters. The first kappa shape index (κ1) is 13.4. The van der Waals surface area contributed by atoms with E-state index in [1.54, 1.807) is 12.1 Å². The predicted molar refractivity (Wildman–Crippen MR) is 76.6 cm³/mol. The van der Waals surface area contributed by atoms with Gasteiger partial charge in [-0.1, -0.05) is 30.3 Å². The maximum atomic E-state index is 10.9. The van der Waals surface area contributed by atoms with Crippen molar-refractivity contribution in [2.75, 3.05) is 0 Å². The van der Waals surface area contributed by atoms with Crippen molar-refractivity contribution in [2.45, 2.75) is 12.4 Å². The summed E-state index contributed by atoms with van der Waals surface area (Å²) in [5, 5.41) is 10.9. The molecule has 4 nitrogen and oxygen atoms in total. The number of hydrogen-bond donors (Lipinski definition) is 1. The first-order chi connectivity index (χ1) is 9.20. The molecule has 2 aromatic carbocycles.